The summed E-state index contributed by atoms with van der Waals surface area (Å²) in [6, 6.07) is 7.83. The summed E-state index contributed by atoms with van der Waals surface area (Å²) in [6.07, 6.45) is 1.42. The summed E-state index contributed by atoms with van der Waals surface area (Å²) in [5.41, 5.74) is 1.76. The van der Waals surface area contributed by atoms with Gasteiger partial charge in [0, 0.05) is 23.8 Å². The Morgan fingerprint density at radius 1 is 1.40 bits per heavy atom. The zero-order valence-corrected chi connectivity index (χ0v) is 8.76. The Hall–Kier alpha value is -1.35. The van der Waals surface area contributed by atoms with Crippen molar-refractivity contribution in [2.24, 2.45) is 0 Å². The second-order valence-electron chi connectivity index (χ2n) is 4.10. The van der Waals surface area contributed by atoms with Crippen LogP contribution in [-0.2, 0) is 0 Å². The second kappa shape index (κ2) is 4.03. The molecule has 1 aliphatic heterocycles. The van der Waals surface area contributed by atoms with Crippen molar-refractivity contribution in [1.82, 2.24) is 0 Å². The molecule has 0 amide bonds. The molecule has 1 fully saturated rings. The summed E-state index contributed by atoms with van der Waals surface area (Å²) in [5, 5.41) is 9.53. The van der Waals surface area contributed by atoms with Crippen molar-refractivity contribution in [1.29, 1.82) is 0 Å². The lowest BCUT2D eigenvalue weighted by Crippen LogP contribution is -2.27. The number of hydrogen-bond donors (Lipinski definition) is 1. The van der Waals surface area contributed by atoms with Crippen LogP contribution in [-0.4, -0.2) is 30.1 Å². The molecule has 0 radical (unpaired) electrons. The molecule has 2 unspecified atom stereocenters. The fourth-order valence-electron chi connectivity index (χ4n) is 2.11. The average Bonchev–Trinajstić information content (AvgIpc) is 2.58. The molecule has 2 rings (SSSR count). The molecular formula is C12H15NO2. The second-order valence-corrected chi connectivity index (χ2v) is 4.10. The molecule has 2 atom stereocenters. The fourth-order valence-corrected chi connectivity index (χ4v) is 2.11. The van der Waals surface area contributed by atoms with Gasteiger partial charge in [-0.1, -0.05) is 0 Å². The van der Waals surface area contributed by atoms with Crippen LogP contribution in [0.5, 0.6) is 0 Å². The number of rotatable bonds is 2. The molecule has 1 aliphatic rings. The van der Waals surface area contributed by atoms with E-state index < -0.39 is 0 Å². The molecule has 0 saturated carbocycles. The van der Waals surface area contributed by atoms with E-state index in [1.54, 1.807) is 12.1 Å². The van der Waals surface area contributed by atoms with E-state index >= 15 is 0 Å². The zero-order valence-electron chi connectivity index (χ0n) is 8.76. The number of carbonyl (C=O) groups is 1. The standard InChI is InChI=1S/C12H15NO2/c1-9-6-12(15)7-13(9)11-4-2-10(8-14)3-5-11/h2-5,8-9,12,15H,6-7H2,1H3. The average molecular weight is 205 g/mol. The van der Waals surface area contributed by atoms with Crippen LogP contribution in [0.1, 0.15) is 23.7 Å². The highest BCUT2D eigenvalue weighted by atomic mass is 16.3. The van der Waals surface area contributed by atoms with Crippen LogP contribution in [0.25, 0.3) is 0 Å². The molecule has 1 saturated heterocycles. The fraction of sp³-hybridized carbons (Fsp3) is 0.417. The smallest absolute Gasteiger partial charge is 0.150 e. The van der Waals surface area contributed by atoms with Gasteiger partial charge in [-0.3, -0.25) is 4.79 Å². The molecule has 1 N–H and O–H groups in total. The topological polar surface area (TPSA) is 40.5 Å². The molecule has 0 spiro atoms. The molecule has 15 heavy (non-hydrogen) atoms. The Kier molecular flexibility index (Phi) is 2.73. The molecule has 3 heteroatoms. The predicted molar refractivity (Wildman–Crippen MR) is 59.3 cm³/mol. The molecule has 80 valence electrons. The molecule has 3 nitrogen and oxygen atoms in total. The highest BCUT2D eigenvalue weighted by molar-refractivity contribution is 5.75. The first kappa shape index (κ1) is 10.2. The Balaban J connectivity index is 2.18. The van der Waals surface area contributed by atoms with E-state index in [0.717, 1.165) is 18.4 Å². The lowest BCUT2D eigenvalue weighted by Gasteiger charge is -2.23. The first-order chi connectivity index (χ1) is 7.20. The van der Waals surface area contributed by atoms with Gasteiger partial charge in [0.2, 0.25) is 0 Å². The van der Waals surface area contributed by atoms with E-state index in [4.69, 9.17) is 0 Å². The Morgan fingerprint density at radius 2 is 2.07 bits per heavy atom. The van der Waals surface area contributed by atoms with Gasteiger partial charge in [0.25, 0.3) is 0 Å². The number of benzene rings is 1. The summed E-state index contributed by atoms with van der Waals surface area (Å²) >= 11 is 0. The molecule has 1 aromatic rings. The molecule has 1 heterocycles. The zero-order chi connectivity index (χ0) is 10.8. The van der Waals surface area contributed by atoms with Crippen molar-refractivity contribution in [2.75, 3.05) is 11.4 Å². The van der Waals surface area contributed by atoms with E-state index in [1.807, 2.05) is 12.1 Å². The monoisotopic (exact) mass is 205 g/mol. The largest absolute Gasteiger partial charge is 0.391 e. The van der Waals surface area contributed by atoms with Crippen LogP contribution in [0.3, 0.4) is 0 Å². The van der Waals surface area contributed by atoms with Gasteiger partial charge < -0.3 is 10.0 Å². The molecule has 0 aliphatic carbocycles. The third-order valence-electron chi connectivity index (χ3n) is 2.91. The van der Waals surface area contributed by atoms with Crippen molar-refractivity contribution in [3.05, 3.63) is 29.8 Å². The first-order valence-electron chi connectivity index (χ1n) is 5.20. The highest BCUT2D eigenvalue weighted by Crippen LogP contribution is 2.25. The third-order valence-corrected chi connectivity index (χ3v) is 2.91. The summed E-state index contributed by atoms with van der Waals surface area (Å²) in [4.78, 5) is 12.7. The Bertz CT molecular complexity index is 347. The van der Waals surface area contributed by atoms with E-state index in [9.17, 15) is 9.90 Å². The number of hydrogen-bond acceptors (Lipinski definition) is 3. The van der Waals surface area contributed by atoms with Crippen LogP contribution in [0.2, 0.25) is 0 Å². The van der Waals surface area contributed by atoms with Crippen molar-refractivity contribution >= 4 is 12.0 Å². The van der Waals surface area contributed by atoms with Gasteiger partial charge in [-0.25, -0.2) is 0 Å². The lowest BCUT2D eigenvalue weighted by molar-refractivity contribution is 0.112. The Labute approximate surface area is 89.3 Å². The van der Waals surface area contributed by atoms with E-state index in [0.29, 0.717) is 18.2 Å². The quantitative estimate of drug-likeness (QED) is 0.743. The molecular weight excluding hydrogens is 190 g/mol. The van der Waals surface area contributed by atoms with Gasteiger partial charge in [-0.15, -0.1) is 0 Å². The summed E-state index contributed by atoms with van der Waals surface area (Å²) in [5.74, 6) is 0. The van der Waals surface area contributed by atoms with Gasteiger partial charge in [-0.05, 0) is 37.6 Å². The maximum atomic E-state index is 10.5. The predicted octanol–water partition coefficient (Wildman–Crippen LogP) is 1.46. The third kappa shape index (κ3) is 2.02. The minimum Gasteiger partial charge on any atom is -0.391 e. The summed E-state index contributed by atoms with van der Waals surface area (Å²) in [7, 11) is 0. The molecule has 0 bridgehead atoms. The van der Waals surface area contributed by atoms with Gasteiger partial charge >= 0.3 is 0 Å². The number of anilines is 1. The molecule has 0 aromatic heterocycles. The maximum absolute atomic E-state index is 10.5. The molecule has 1 aromatic carbocycles. The van der Waals surface area contributed by atoms with Gasteiger partial charge in [0.1, 0.15) is 6.29 Å². The number of carbonyl (C=O) groups excluding carboxylic acids is 1. The van der Waals surface area contributed by atoms with E-state index in [-0.39, 0.29) is 6.10 Å². The number of aliphatic hydroxyl groups is 1. The van der Waals surface area contributed by atoms with Crippen molar-refractivity contribution < 1.29 is 9.90 Å². The Morgan fingerprint density at radius 3 is 2.53 bits per heavy atom. The van der Waals surface area contributed by atoms with Crippen molar-refractivity contribution in [3.8, 4) is 0 Å². The number of aldehydes is 1. The minimum absolute atomic E-state index is 0.231. The SMILES string of the molecule is CC1CC(O)CN1c1ccc(C=O)cc1. The number of β-amino-alcohol motifs (C(OH)–C–C–N with tert-alkyl or cyclic N) is 1. The van der Waals surface area contributed by atoms with Crippen LogP contribution >= 0.6 is 0 Å². The summed E-state index contributed by atoms with van der Waals surface area (Å²) in [6.45, 7) is 2.78. The highest BCUT2D eigenvalue weighted by Gasteiger charge is 2.27. The van der Waals surface area contributed by atoms with Crippen molar-refractivity contribution in [3.63, 3.8) is 0 Å². The minimum atomic E-state index is -0.231. The maximum Gasteiger partial charge on any atom is 0.150 e. The van der Waals surface area contributed by atoms with Gasteiger partial charge in [0.15, 0.2) is 0 Å². The van der Waals surface area contributed by atoms with Crippen LogP contribution in [0, 0.1) is 0 Å². The summed E-state index contributed by atoms with van der Waals surface area (Å²) < 4.78 is 0. The van der Waals surface area contributed by atoms with E-state index in [1.165, 1.54) is 0 Å². The van der Waals surface area contributed by atoms with E-state index in [2.05, 4.69) is 11.8 Å². The lowest BCUT2D eigenvalue weighted by atomic mass is 10.2. The van der Waals surface area contributed by atoms with Gasteiger partial charge in [-0.2, -0.15) is 0 Å². The number of aliphatic hydroxyl groups excluding tert-OH is 1. The normalized spacial score (nSPS) is 25.6. The first-order valence-corrected chi connectivity index (χ1v) is 5.20. The van der Waals surface area contributed by atoms with Crippen LogP contribution < -0.4 is 4.90 Å². The van der Waals surface area contributed by atoms with Gasteiger partial charge in [0.05, 0.1) is 6.10 Å². The van der Waals surface area contributed by atoms with Crippen LogP contribution in [0.4, 0.5) is 5.69 Å². The van der Waals surface area contributed by atoms with Crippen molar-refractivity contribution in [2.45, 2.75) is 25.5 Å². The number of nitrogens with zero attached hydrogens (tertiary/aromatic N) is 1. The van der Waals surface area contributed by atoms with Crippen LogP contribution in [0.15, 0.2) is 24.3 Å².